The first-order chi connectivity index (χ1) is 17.4. The Hall–Kier alpha value is -3.69. The number of esters is 1. The highest BCUT2D eigenvalue weighted by molar-refractivity contribution is 5.82. The van der Waals surface area contributed by atoms with Crippen molar-refractivity contribution in [1.82, 2.24) is 10.6 Å². The van der Waals surface area contributed by atoms with Crippen LogP contribution in [0.5, 0.6) is 0 Å². The molecule has 0 radical (unpaired) electrons. The third kappa shape index (κ3) is 7.65. The van der Waals surface area contributed by atoms with Gasteiger partial charge in [-0.2, -0.15) is 0 Å². The number of amides is 2. The Morgan fingerprint density at radius 2 is 1.51 bits per heavy atom. The summed E-state index contributed by atoms with van der Waals surface area (Å²) >= 11 is 0. The van der Waals surface area contributed by atoms with Gasteiger partial charge in [0.05, 0.1) is 13.7 Å². The first-order valence-electron chi connectivity index (χ1n) is 11.9. The van der Waals surface area contributed by atoms with Crippen LogP contribution in [-0.2, 0) is 19.0 Å². The van der Waals surface area contributed by atoms with Crippen LogP contribution in [0.15, 0.2) is 48.5 Å². The molecule has 0 spiro atoms. The average Bonchev–Trinajstić information content (AvgIpc) is 3.16. The summed E-state index contributed by atoms with van der Waals surface area (Å²) in [5.74, 6) is -4.44. The zero-order valence-corrected chi connectivity index (χ0v) is 21.3. The number of alkyl halides is 2. The van der Waals surface area contributed by atoms with Crippen LogP contribution >= 0.6 is 0 Å². The van der Waals surface area contributed by atoms with Crippen LogP contribution in [0.3, 0.4) is 0 Å². The molecule has 0 fully saturated rings. The molecular weight excluding hydrogens is 486 g/mol. The number of carbonyl (C=O) groups is 3. The Morgan fingerprint density at radius 1 is 0.946 bits per heavy atom. The lowest BCUT2D eigenvalue weighted by atomic mass is 9.98. The predicted molar refractivity (Wildman–Crippen MR) is 132 cm³/mol. The fourth-order valence-electron chi connectivity index (χ4n) is 4.13. The highest BCUT2D eigenvalue weighted by atomic mass is 19.3. The minimum atomic E-state index is -3.36. The largest absolute Gasteiger partial charge is 0.467 e. The molecule has 0 bridgehead atoms. The number of ether oxygens (including phenoxy) is 3. The number of alkyl carbamates (subject to hydrolysis) is 2. The Morgan fingerprint density at radius 3 is 2.05 bits per heavy atom. The highest BCUT2D eigenvalue weighted by Crippen LogP contribution is 2.44. The molecule has 1 atom stereocenters. The van der Waals surface area contributed by atoms with Gasteiger partial charge in [0.1, 0.15) is 18.2 Å². The van der Waals surface area contributed by atoms with Gasteiger partial charge in [-0.15, -0.1) is 0 Å². The third-order valence-electron chi connectivity index (χ3n) is 5.81. The Bertz CT molecular complexity index is 1090. The summed E-state index contributed by atoms with van der Waals surface area (Å²) in [5, 5.41) is 4.34. The van der Waals surface area contributed by atoms with E-state index in [1.165, 1.54) is 0 Å². The van der Waals surface area contributed by atoms with Gasteiger partial charge in [-0.05, 0) is 49.4 Å². The zero-order chi connectivity index (χ0) is 27.2. The maximum absolute atomic E-state index is 14.3. The van der Waals surface area contributed by atoms with E-state index >= 15 is 0 Å². The van der Waals surface area contributed by atoms with E-state index in [-0.39, 0.29) is 12.5 Å². The number of fused-ring (bicyclic) bond motifs is 3. The van der Waals surface area contributed by atoms with Crippen LogP contribution < -0.4 is 10.6 Å². The van der Waals surface area contributed by atoms with Crippen molar-refractivity contribution < 1.29 is 37.4 Å². The summed E-state index contributed by atoms with van der Waals surface area (Å²) in [5.41, 5.74) is 3.31. The fraction of sp³-hybridized carbons (Fsp3) is 0.444. The molecule has 2 amide bonds. The summed E-state index contributed by atoms with van der Waals surface area (Å²) in [6, 6.07) is 14.3. The van der Waals surface area contributed by atoms with Gasteiger partial charge in [0.15, 0.2) is 0 Å². The number of carbonyl (C=O) groups excluding carboxylic acids is 3. The molecular formula is C27H32F2N2O6. The van der Waals surface area contributed by atoms with Crippen LogP contribution in [0.2, 0.25) is 0 Å². The summed E-state index contributed by atoms with van der Waals surface area (Å²) in [4.78, 5) is 36.3. The monoisotopic (exact) mass is 518 g/mol. The second-order valence-corrected chi connectivity index (χ2v) is 9.80. The predicted octanol–water partition coefficient (Wildman–Crippen LogP) is 5.01. The Balaban J connectivity index is 1.56. The standard InChI is InChI=1S/C27H32F2N2O6/c1-26(2,3)37-24(33)30-16-27(28,29)14-13-22(23(32)35-4)31-25(34)36-15-21-19-11-7-5-9-17(19)18-10-6-8-12-20(18)21/h5-12,21-22H,13-16H2,1-4H3,(H,30,33)(H,31,34)/t22-/m0/s1. The van der Waals surface area contributed by atoms with E-state index in [9.17, 15) is 23.2 Å². The molecule has 0 unspecified atom stereocenters. The highest BCUT2D eigenvalue weighted by Gasteiger charge is 2.34. The quantitative estimate of drug-likeness (QED) is 0.358. The van der Waals surface area contributed by atoms with Crippen molar-refractivity contribution in [3.05, 3.63) is 59.7 Å². The van der Waals surface area contributed by atoms with Crippen molar-refractivity contribution in [3.63, 3.8) is 0 Å². The van der Waals surface area contributed by atoms with Crippen molar-refractivity contribution in [2.75, 3.05) is 20.3 Å². The van der Waals surface area contributed by atoms with E-state index in [2.05, 4.69) is 10.1 Å². The SMILES string of the molecule is COC(=O)[C@H](CCC(F)(F)CNC(=O)OC(C)(C)C)NC(=O)OCC1c2ccccc2-c2ccccc21. The minimum absolute atomic E-state index is 0.00369. The van der Waals surface area contributed by atoms with Crippen molar-refractivity contribution in [3.8, 4) is 11.1 Å². The molecule has 0 aromatic heterocycles. The van der Waals surface area contributed by atoms with E-state index in [4.69, 9.17) is 9.47 Å². The van der Waals surface area contributed by atoms with Crippen LogP contribution in [0.1, 0.15) is 50.7 Å². The number of benzene rings is 2. The lowest BCUT2D eigenvalue weighted by Gasteiger charge is -2.23. The number of hydrogen-bond acceptors (Lipinski definition) is 6. The maximum Gasteiger partial charge on any atom is 0.407 e. The molecule has 0 saturated carbocycles. The van der Waals surface area contributed by atoms with Gasteiger partial charge in [-0.3, -0.25) is 0 Å². The first kappa shape index (κ1) is 27.9. The number of nitrogens with one attached hydrogen (secondary N) is 2. The Labute approximate surface area is 214 Å². The van der Waals surface area contributed by atoms with Gasteiger partial charge < -0.3 is 24.8 Å². The van der Waals surface area contributed by atoms with Crippen molar-refractivity contribution in [2.24, 2.45) is 0 Å². The van der Waals surface area contributed by atoms with Gasteiger partial charge in [0, 0.05) is 12.3 Å². The third-order valence-corrected chi connectivity index (χ3v) is 5.81. The number of methoxy groups -OCH3 is 1. The van der Waals surface area contributed by atoms with Crippen molar-refractivity contribution in [2.45, 2.75) is 57.1 Å². The van der Waals surface area contributed by atoms with Crippen LogP contribution in [0, 0.1) is 0 Å². The molecule has 2 aromatic carbocycles. The molecule has 0 aliphatic heterocycles. The average molecular weight is 519 g/mol. The van der Waals surface area contributed by atoms with E-state index < -0.39 is 55.1 Å². The molecule has 3 rings (SSSR count). The molecule has 1 aliphatic carbocycles. The summed E-state index contributed by atoms with van der Waals surface area (Å²) < 4.78 is 43.7. The molecule has 2 aromatic rings. The normalized spacial score (nSPS) is 13.7. The molecule has 0 saturated heterocycles. The van der Waals surface area contributed by atoms with Crippen molar-refractivity contribution in [1.29, 1.82) is 0 Å². The lowest BCUT2D eigenvalue weighted by molar-refractivity contribution is -0.143. The van der Waals surface area contributed by atoms with Gasteiger partial charge in [0.2, 0.25) is 0 Å². The summed E-state index contributed by atoms with van der Waals surface area (Å²) in [7, 11) is 1.09. The molecule has 8 nitrogen and oxygen atoms in total. The number of halogens is 2. The first-order valence-corrected chi connectivity index (χ1v) is 11.9. The number of rotatable bonds is 9. The molecule has 37 heavy (non-hydrogen) atoms. The topological polar surface area (TPSA) is 103 Å². The second kappa shape index (κ2) is 11.6. The van der Waals surface area contributed by atoms with Crippen LogP contribution in [0.4, 0.5) is 18.4 Å². The van der Waals surface area contributed by atoms with E-state index in [0.717, 1.165) is 29.4 Å². The van der Waals surface area contributed by atoms with Crippen LogP contribution in [0.25, 0.3) is 11.1 Å². The van der Waals surface area contributed by atoms with Gasteiger partial charge in [-0.1, -0.05) is 48.5 Å². The maximum atomic E-state index is 14.3. The van der Waals surface area contributed by atoms with Crippen LogP contribution in [-0.4, -0.2) is 56.0 Å². The minimum Gasteiger partial charge on any atom is -0.467 e. The fourth-order valence-corrected chi connectivity index (χ4v) is 4.13. The van der Waals surface area contributed by atoms with E-state index in [1.807, 2.05) is 53.8 Å². The van der Waals surface area contributed by atoms with Gasteiger partial charge in [-0.25, -0.2) is 23.2 Å². The zero-order valence-electron chi connectivity index (χ0n) is 21.3. The second-order valence-electron chi connectivity index (χ2n) is 9.80. The van der Waals surface area contributed by atoms with E-state index in [1.54, 1.807) is 20.8 Å². The molecule has 10 heteroatoms. The molecule has 0 heterocycles. The van der Waals surface area contributed by atoms with E-state index in [0.29, 0.717) is 0 Å². The smallest absolute Gasteiger partial charge is 0.407 e. The van der Waals surface area contributed by atoms with Crippen molar-refractivity contribution >= 4 is 18.2 Å². The molecule has 1 aliphatic rings. The van der Waals surface area contributed by atoms with Gasteiger partial charge in [0.25, 0.3) is 5.92 Å². The molecule has 200 valence electrons. The summed E-state index contributed by atoms with van der Waals surface area (Å²) in [6.07, 6.45) is -3.13. The molecule has 2 N–H and O–H groups in total. The summed E-state index contributed by atoms with van der Waals surface area (Å²) in [6.45, 7) is 3.85. The Kier molecular flexibility index (Phi) is 8.73. The lowest BCUT2D eigenvalue weighted by Crippen LogP contribution is -2.44. The number of hydrogen-bond donors (Lipinski definition) is 2. The van der Waals surface area contributed by atoms with Gasteiger partial charge >= 0.3 is 18.2 Å².